The minimum atomic E-state index is -4.36. The molecule has 1 aromatic heterocycles. The van der Waals surface area contributed by atoms with Crippen LogP contribution in [0.2, 0.25) is 0 Å². The Hall–Kier alpha value is -1.26. The number of hydrogen-bond donors (Lipinski definition) is 1. The fraction of sp³-hybridized carbons (Fsp3) is 0.545. The van der Waals surface area contributed by atoms with Gasteiger partial charge >= 0.3 is 6.18 Å². The van der Waals surface area contributed by atoms with Crippen LogP contribution >= 0.6 is 0 Å². The van der Waals surface area contributed by atoms with E-state index in [0.29, 0.717) is 12.5 Å². The van der Waals surface area contributed by atoms with Crippen molar-refractivity contribution in [3.8, 4) is 0 Å². The Morgan fingerprint density at radius 2 is 2.12 bits per heavy atom. The smallest absolute Gasteiger partial charge is 0.369 e. The van der Waals surface area contributed by atoms with Crippen molar-refractivity contribution < 1.29 is 13.2 Å². The van der Waals surface area contributed by atoms with Gasteiger partial charge in [0.15, 0.2) is 0 Å². The number of halogens is 3. The standard InChI is InChI=1S/C11H15F3N2/c1-3-8(2)7-16-10-9(11(12,13)14)5-4-6-15-10/h4-6,8H,3,7H2,1-2H3,(H,15,16). The van der Waals surface area contributed by atoms with Gasteiger partial charge in [-0.25, -0.2) is 4.98 Å². The lowest BCUT2D eigenvalue weighted by Gasteiger charge is -2.15. The molecule has 1 N–H and O–H groups in total. The summed E-state index contributed by atoms with van der Waals surface area (Å²) in [5, 5.41) is 2.74. The van der Waals surface area contributed by atoms with Gasteiger partial charge in [0.1, 0.15) is 5.82 Å². The molecule has 2 nitrogen and oxygen atoms in total. The first-order valence-electron chi connectivity index (χ1n) is 5.21. The molecular weight excluding hydrogens is 217 g/mol. The van der Waals surface area contributed by atoms with Crippen molar-refractivity contribution in [2.24, 2.45) is 5.92 Å². The normalized spacial score (nSPS) is 13.6. The van der Waals surface area contributed by atoms with Gasteiger partial charge in [-0.05, 0) is 18.1 Å². The van der Waals surface area contributed by atoms with Gasteiger partial charge in [0.25, 0.3) is 0 Å². The van der Waals surface area contributed by atoms with Crippen LogP contribution in [0.4, 0.5) is 19.0 Å². The highest BCUT2D eigenvalue weighted by atomic mass is 19.4. The molecule has 0 spiro atoms. The van der Waals surface area contributed by atoms with E-state index in [1.54, 1.807) is 0 Å². The first-order valence-corrected chi connectivity index (χ1v) is 5.21. The molecule has 0 aliphatic rings. The van der Waals surface area contributed by atoms with Gasteiger partial charge in [-0.15, -0.1) is 0 Å². The van der Waals surface area contributed by atoms with E-state index in [-0.39, 0.29) is 5.82 Å². The van der Waals surface area contributed by atoms with Crippen molar-refractivity contribution in [1.82, 2.24) is 4.98 Å². The minimum absolute atomic E-state index is 0.0877. The molecule has 0 saturated carbocycles. The SMILES string of the molecule is CCC(C)CNc1ncccc1C(F)(F)F. The Morgan fingerprint density at radius 1 is 1.44 bits per heavy atom. The van der Waals surface area contributed by atoms with Gasteiger partial charge in [-0.3, -0.25) is 0 Å². The van der Waals surface area contributed by atoms with Crippen LogP contribution in [0, 0.1) is 5.92 Å². The minimum Gasteiger partial charge on any atom is -0.369 e. The second kappa shape index (κ2) is 5.18. The molecule has 0 bridgehead atoms. The van der Waals surface area contributed by atoms with E-state index >= 15 is 0 Å². The number of hydrogen-bond acceptors (Lipinski definition) is 2. The van der Waals surface area contributed by atoms with Gasteiger partial charge in [-0.1, -0.05) is 20.3 Å². The van der Waals surface area contributed by atoms with Gasteiger partial charge in [0.05, 0.1) is 5.56 Å². The summed E-state index contributed by atoms with van der Waals surface area (Å²) >= 11 is 0. The maximum absolute atomic E-state index is 12.6. The summed E-state index contributed by atoms with van der Waals surface area (Å²) in [5.41, 5.74) is -0.710. The van der Waals surface area contributed by atoms with Gasteiger partial charge in [0, 0.05) is 12.7 Å². The fourth-order valence-corrected chi connectivity index (χ4v) is 1.19. The molecule has 0 aromatic carbocycles. The molecule has 0 aliphatic carbocycles. The Morgan fingerprint density at radius 3 is 2.69 bits per heavy atom. The molecule has 16 heavy (non-hydrogen) atoms. The molecule has 0 amide bonds. The number of pyridine rings is 1. The molecule has 5 heteroatoms. The summed E-state index contributed by atoms with van der Waals surface area (Å²) in [4.78, 5) is 3.72. The third kappa shape index (κ3) is 3.40. The van der Waals surface area contributed by atoms with Gasteiger partial charge in [-0.2, -0.15) is 13.2 Å². The maximum atomic E-state index is 12.6. The number of aromatic nitrogens is 1. The number of nitrogens with one attached hydrogen (secondary N) is 1. The molecule has 90 valence electrons. The summed E-state index contributed by atoms with van der Waals surface area (Å²) in [5.74, 6) is 0.235. The predicted octanol–water partition coefficient (Wildman–Crippen LogP) is 3.56. The summed E-state index contributed by atoms with van der Waals surface area (Å²) in [7, 11) is 0. The first kappa shape index (κ1) is 12.8. The van der Waals surface area contributed by atoms with E-state index in [1.165, 1.54) is 12.3 Å². The lowest BCUT2D eigenvalue weighted by Crippen LogP contribution is -2.16. The zero-order chi connectivity index (χ0) is 12.2. The van der Waals surface area contributed by atoms with Crippen LogP contribution in [0.5, 0.6) is 0 Å². The van der Waals surface area contributed by atoms with Crippen LogP contribution in [0.25, 0.3) is 0 Å². The van der Waals surface area contributed by atoms with E-state index in [4.69, 9.17) is 0 Å². The van der Waals surface area contributed by atoms with Crippen LogP contribution < -0.4 is 5.32 Å². The number of nitrogens with zero attached hydrogens (tertiary/aromatic N) is 1. The molecule has 0 radical (unpaired) electrons. The zero-order valence-electron chi connectivity index (χ0n) is 9.30. The maximum Gasteiger partial charge on any atom is 0.419 e. The predicted molar refractivity (Wildman–Crippen MR) is 57.2 cm³/mol. The lowest BCUT2D eigenvalue weighted by molar-refractivity contribution is -0.137. The van der Waals surface area contributed by atoms with Gasteiger partial charge < -0.3 is 5.32 Å². The van der Waals surface area contributed by atoms with Crippen molar-refractivity contribution in [2.75, 3.05) is 11.9 Å². The van der Waals surface area contributed by atoms with E-state index in [2.05, 4.69) is 10.3 Å². The van der Waals surface area contributed by atoms with Crippen LogP contribution in [-0.4, -0.2) is 11.5 Å². The quantitative estimate of drug-likeness (QED) is 0.858. The summed E-state index contributed by atoms with van der Waals surface area (Å²) in [6.45, 7) is 4.47. The molecular formula is C11H15F3N2. The number of rotatable bonds is 4. The molecule has 1 atom stereocenters. The summed E-state index contributed by atoms with van der Waals surface area (Å²) < 4.78 is 37.7. The van der Waals surface area contributed by atoms with Crippen molar-refractivity contribution in [1.29, 1.82) is 0 Å². The fourth-order valence-electron chi connectivity index (χ4n) is 1.19. The highest BCUT2D eigenvalue weighted by Gasteiger charge is 2.33. The van der Waals surface area contributed by atoms with Crippen LogP contribution in [-0.2, 0) is 6.18 Å². The average Bonchev–Trinajstić information content (AvgIpc) is 2.25. The van der Waals surface area contributed by atoms with Crippen LogP contribution in [0.1, 0.15) is 25.8 Å². The third-order valence-corrected chi connectivity index (χ3v) is 2.43. The number of alkyl halides is 3. The number of anilines is 1. The average molecular weight is 232 g/mol. The van der Waals surface area contributed by atoms with E-state index < -0.39 is 11.7 Å². The summed E-state index contributed by atoms with van der Waals surface area (Å²) in [6.07, 6.45) is -2.08. The summed E-state index contributed by atoms with van der Waals surface area (Å²) in [6, 6.07) is 2.32. The topological polar surface area (TPSA) is 24.9 Å². The largest absolute Gasteiger partial charge is 0.419 e. The molecule has 1 unspecified atom stereocenters. The lowest BCUT2D eigenvalue weighted by atomic mass is 10.1. The third-order valence-electron chi connectivity index (χ3n) is 2.43. The molecule has 0 aliphatic heterocycles. The van der Waals surface area contributed by atoms with E-state index in [9.17, 15) is 13.2 Å². The molecule has 1 heterocycles. The Bertz CT molecular complexity index is 336. The van der Waals surface area contributed by atoms with Crippen LogP contribution in [0.15, 0.2) is 18.3 Å². The Labute approximate surface area is 92.9 Å². The van der Waals surface area contributed by atoms with Crippen LogP contribution in [0.3, 0.4) is 0 Å². The van der Waals surface area contributed by atoms with Gasteiger partial charge in [0.2, 0.25) is 0 Å². The highest BCUT2D eigenvalue weighted by Crippen LogP contribution is 2.33. The van der Waals surface area contributed by atoms with Crippen molar-refractivity contribution in [3.63, 3.8) is 0 Å². The second-order valence-corrected chi connectivity index (χ2v) is 3.79. The molecule has 1 aromatic rings. The Balaban J connectivity index is 2.80. The monoisotopic (exact) mass is 232 g/mol. The highest BCUT2D eigenvalue weighted by molar-refractivity contribution is 5.45. The molecule has 0 fully saturated rings. The van der Waals surface area contributed by atoms with E-state index in [0.717, 1.165) is 12.5 Å². The Kier molecular flexibility index (Phi) is 4.15. The second-order valence-electron chi connectivity index (χ2n) is 3.79. The molecule has 1 rings (SSSR count). The van der Waals surface area contributed by atoms with Crippen molar-refractivity contribution in [2.45, 2.75) is 26.4 Å². The first-order chi connectivity index (χ1) is 7.45. The van der Waals surface area contributed by atoms with Crippen molar-refractivity contribution >= 4 is 5.82 Å². The van der Waals surface area contributed by atoms with E-state index in [1.807, 2.05) is 13.8 Å². The van der Waals surface area contributed by atoms with Crippen molar-refractivity contribution in [3.05, 3.63) is 23.9 Å². The zero-order valence-corrected chi connectivity index (χ0v) is 9.30. The molecule has 0 saturated heterocycles.